The second-order valence-electron chi connectivity index (χ2n) is 3.74. The van der Waals surface area contributed by atoms with E-state index < -0.39 is 32.1 Å². The summed E-state index contributed by atoms with van der Waals surface area (Å²) < 4.78 is 55.4. The van der Waals surface area contributed by atoms with E-state index in [0.29, 0.717) is 6.61 Å². The van der Waals surface area contributed by atoms with Gasteiger partial charge in [-0.1, -0.05) is 6.92 Å². The standard InChI is InChI=1S/C11H15F2NO3S/c1-2-3-17-4-5-18(15,16)11-9(12)6-8(14)7-10(11)13/h6-7H,2-5,14H2,1H3. The molecule has 4 nitrogen and oxygen atoms in total. The van der Waals surface area contributed by atoms with E-state index in [0.717, 1.165) is 18.6 Å². The summed E-state index contributed by atoms with van der Waals surface area (Å²) in [6.45, 7) is 2.18. The van der Waals surface area contributed by atoms with Crippen LogP contribution in [0, 0.1) is 11.6 Å². The largest absolute Gasteiger partial charge is 0.399 e. The Bertz CT molecular complexity index is 494. The first-order valence-corrected chi connectivity index (χ1v) is 7.08. The number of hydrogen-bond donors (Lipinski definition) is 1. The fourth-order valence-corrected chi connectivity index (χ4v) is 2.65. The van der Waals surface area contributed by atoms with Crippen LogP contribution in [0.5, 0.6) is 0 Å². The topological polar surface area (TPSA) is 69.4 Å². The minimum atomic E-state index is -4.05. The molecule has 0 saturated carbocycles. The third kappa shape index (κ3) is 3.64. The molecule has 1 aromatic rings. The monoisotopic (exact) mass is 279 g/mol. The molecule has 1 aromatic carbocycles. The molecule has 0 aliphatic carbocycles. The second kappa shape index (κ2) is 6.10. The maximum Gasteiger partial charge on any atom is 0.186 e. The van der Waals surface area contributed by atoms with Gasteiger partial charge in [0.25, 0.3) is 0 Å². The van der Waals surface area contributed by atoms with E-state index in [1.54, 1.807) is 0 Å². The number of benzene rings is 1. The molecule has 0 radical (unpaired) electrons. The Labute approximate surface area is 105 Å². The molecule has 1 rings (SSSR count). The number of rotatable bonds is 6. The number of nitrogen functional groups attached to an aromatic ring is 1. The van der Waals surface area contributed by atoms with Crippen LogP contribution in [0.2, 0.25) is 0 Å². The molecule has 0 bridgehead atoms. The third-order valence-electron chi connectivity index (χ3n) is 2.18. The van der Waals surface area contributed by atoms with Crippen molar-refractivity contribution in [2.24, 2.45) is 0 Å². The average molecular weight is 279 g/mol. The highest BCUT2D eigenvalue weighted by Gasteiger charge is 2.24. The van der Waals surface area contributed by atoms with E-state index in [9.17, 15) is 17.2 Å². The molecule has 0 amide bonds. The molecule has 0 saturated heterocycles. The number of nitrogens with two attached hydrogens (primary N) is 1. The molecule has 2 N–H and O–H groups in total. The van der Waals surface area contributed by atoms with Crippen LogP contribution in [0.4, 0.5) is 14.5 Å². The predicted molar refractivity (Wildman–Crippen MR) is 63.9 cm³/mol. The molecule has 7 heteroatoms. The van der Waals surface area contributed by atoms with E-state index >= 15 is 0 Å². The van der Waals surface area contributed by atoms with Crippen LogP contribution < -0.4 is 5.73 Å². The summed E-state index contributed by atoms with van der Waals surface area (Å²) >= 11 is 0. The molecular formula is C11H15F2NO3S. The highest BCUT2D eigenvalue weighted by Crippen LogP contribution is 2.22. The Morgan fingerprint density at radius 2 is 1.78 bits per heavy atom. The summed E-state index contributed by atoms with van der Waals surface area (Å²) in [5.41, 5.74) is 5.05. The first kappa shape index (κ1) is 14.8. The number of anilines is 1. The van der Waals surface area contributed by atoms with Gasteiger partial charge in [-0.2, -0.15) is 0 Å². The van der Waals surface area contributed by atoms with Gasteiger partial charge in [0.2, 0.25) is 0 Å². The summed E-state index contributed by atoms with van der Waals surface area (Å²) in [6, 6.07) is 1.56. The van der Waals surface area contributed by atoms with Gasteiger partial charge in [-0.05, 0) is 18.6 Å². The third-order valence-corrected chi connectivity index (χ3v) is 3.89. The van der Waals surface area contributed by atoms with E-state index in [2.05, 4.69) is 0 Å². The predicted octanol–water partition coefficient (Wildman–Crippen LogP) is 1.75. The molecule has 0 unspecified atom stereocenters. The Morgan fingerprint density at radius 3 is 2.28 bits per heavy atom. The Balaban J connectivity index is 2.92. The van der Waals surface area contributed by atoms with Crippen LogP contribution in [0.1, 0.15) is 13.3 Å². The zero-order valence-electron chi connectivity index (χ0n) is 9.95. The van der Waals surface area contributed by atoms with Gasteiger partial charge < -0.3 is 10.5 Å². The molecule has 0 heterocycles. The van der Waals surface area contributed by atoms with Crippen LogP contribution in [-0.4, -0.2) is 27.4 Å². The van der Waals surface area contributed by atoms with Crippen molar-refractivity contribution in [3.63, 3.8) is 0 Å². The lowest BCUT2D eigenvalue weighted by Gasteiger charge is -2.08. The fraction of sp³-hybridized carbons (Fsp3) is 0.455. The van der Waals surface area contributed by atoms with E-state index in [1.807, 2.05) is 6.92 Å². The summed E-state index contributed by atoms with van der Waals surface area (Å²) in [7, 11) is -4.05. The first-order chi connectivity index (χ1) is 8.38. The van der Waals surface area contributed by atoms with Crippen molar-refractivity contribution in [3.8, 4) is 0 Å². The molecule has 0 aliphatic rings. The lowest BCUT2D eigenvalue weighted by molar-refractivity contribution is 0.149. The van der Waals surface area contributed by atoms with Crippen LogP contribution in [0.15, 0.2) is 17.0 Å². The molecule has 0 fully saturated rings. The molecule has 0 aromatic heterocycles. The zero-order valence-corrected chi connectivity index (χ0v) is 10.8. The first-order valence-electron chi connectivity index (χ1n) is 5.43. The SMILES string of the molecule is CCCOCCS(=O)(=O)c1c(F)cc(N)cc1F. The van der Waals surface area contributed by atoms with Crippen molar-refractivity contribution in [3.05, 3.63) is 23.8 Å². The quantitative estimate of drug-likeness (QED) is 0.636. The van der Waals surface area contributed by atoms with Gasteiger partial charge in [0.1, 0.15) is 16.5 Å². The van der Waals surface area contributed by atoms with Gasteiger partial charge in [-0.3, -0.25) is 0 Å². The van der Waals surface area contributed by atoms with Crippen molar-refractivity contribution in [1.29, 1.82) is 0 Å². The van der Waals surface area contributed by atoms with E-state index in [-0.39, 0.29) is 12.3 Å². The van der Waals surface area contributed by atoms with Gasteiger partial charge in [-0.25, -0.2) is 17.2 Å². The van der Waals surface area contributed by atoms with Crippen LogP contribution >= 0.6 is 0 Å². The Kier molecular flexibility index (Phi) is 5.03. The summed E-state index contributed by atoms with van der Waals surface area (Å²) in [4.78, 5) is -0.947. The molecular weight excluding hydrogens is 264 g/mol. The fourth-order valence-electron chi connectivity index (χ4n) is 1.39. The smallest absolute Gasteiger partial charge is 0.186 e. The van der Waals surface area contributed by atoms with E-state index in [1.165, 1.54) is 0 Å². The maximum atomic E-state index is 13.4. The summed E-state index contributed by atoms with van der Waals surface area (Å²) in [6.07, 6.45) is 0.741. The van der Waals surface area contributed by atoms with Gasteiger partial charge >= 0.3 is 0 Å². The van der Waals surface area contributed by atoms with Crippen LogP contribution in [0.25, 0.3) is 0 Å². The van der Waals surface area contributed by atoms with E-state index in [4.69, 9.17) is 10.5 Å². The minimum Gasteiger partial charge on any atom is -0.399 e. The van der Waals surface area contributed by atoms with Crippen LogP contribution in [0.3, 0.4) is 0 Å². The number of sulfone groups is 1. The van der Waals surface area contributed by atoms with Crippen molar-refractivity contribution in [2.45, 2.75) is 18.2 Å². The highest BCUT2D eigenvalue weighted by atomic mass is 32.2. The van der Waals surface area contributed by atoms with Crippen LogP contribution in [-0.2, 0) is 14.6 Å². The number of hydrogen-bond acceptors (Lipinski definition) is 4. The molecule has 0 spiro atoms. The maximum absolute atomic E-state index is 13.4. The molecule has 18 heavy (non-hydrogen) atoms. The average Bonchev–Trinajstić information content (AvgIpc) is 2.22. The van der Waals surface area contributed by atoms with Crippen molar-refractivity contribution in [2.75, 3.05) is 24.7 Å². The lowest BCUT2D eigenvalue weighted by atomic mass is 10.3. The normalized spacial score (nSPS) is 11.7. The van der Waals surface area contributed by atoms with Gasteiger partial charge in [-0.15, -0.1) is 0 Å². The Hall–Kier alpha value is -1.21. The van der Waals surface area contributed by atoms with Crippen molar-refractivity contribution >= 4 is 15.5 Å². The number of halogens is 2. The van der Waals surface area contributed by atoms with Crippen molar-refractivity contribution in [1.82, 2.24) is 0 Å². The highest BCUT2D eigenvalue weighted by molar-refractivity contribution is 7.91. The number of ether oxygens (including phenoxy) is 1. The minimum absolute atomic E-state index is 0.0978. The van der Waals surface area contributed by atoms with Gasteiger partial charge in [0, 0.05) is 12.3 Å². The summed E-state index contributed by atoms with van der Waals surface area (Å²) in [5.74, 6) is -2.82. The van der Waals surface area contributed by atoms with Gasteiger partial charge in [0.05, 0.1) is 12.4 Å². The Morgan fingerprint density at radius 1 is 1.22 bits per heavy atom. The van der Waals surface area contributed by atoms with Crippen molar-refractivity contribution < 1.29 is 21.9 Å². The second-order valence-corrected chi connectivity index (χ2v) is 5.79. The molecule has 0 aliphatic heterocycles. The summed E-state index contributed by atoms with van der Waals surface area (Å²) in [5, 5.41) is 0. The molecule has 102 valence electrons. The van der Waals surface area contributed by atoms with Gasteiger partial charge in [0.15, 0.2) is 9.84 Å². The molecule has 0 atom stereocenters. The lowest BCUT2D eigenvalue weighted by Crippen LogP contribution is -2.16. The zero-order chi connectivity index (χ0) is 13.8.